The van der Waals surface area contributed by atoms with Crippen molar-refractivity contribution < 1.29 is 9.90 Å². The van der Waals surface area contributed by atoms with Gasteiger partial charge in [0, 0.05) is 9.89 Å². The SMILES string of the molecule is CC1(C)c2cccc(Br)c2CCC1C(=O)O. The zero-order valence-electron chi connectivity index (χ0n) is 9.46. The summed E-state index contributed by atoms with van der Waals surface area (Å²) in [5, 5.41) is 9.26. The van der Waals surface area contributed by atoms with E-state index in [0.717, 1.165) is 17.3 Å². The Morgan fingerprint density at radius 1 is 1.50 bits per heavy atom. The average molecular weight is 283 g/mol. The monoisotopic (exact) mass is 282 g/mol. The maximum atomic E-state index is 11.3. The number of rotatable bonds is 1. The van der Waals surface area contributed by atoms with E-state index in [4.69, 9.17) is 0 Å². The van der Waals surface area contributed by atoms with Crippen molar-refractivity contribution in [1.29, 1.82) is 0 Å². The Bertz CT molecular complexity index is 438. The summed E-state index contributed by atoms with van der Waals surface area (Å²) >= 11 is 3.54. The molecule has 0 aromatic heterocycles. The van der Waals surface area contributed by atoms with Crippen LogP contribution in [0.15, 0.2) is 22.7 Å². The fraction of sp³-hybridized carbons (Fsp3) is 0.462. The molecule has 0 bridgehead atoms. The maximum Gasteiger partial charge on any atom is 0.307 e. The molecule has 0 amide bonds. The van der Waals surface area contributed by atoms with Gasteiger partial charge >= 0.3 is 5.97 Å². The van der Waals surface area contributed by atoms with Crippen molar-refractivity contribution in [2.24, 2.45) is 5.92 Å². The number of carboxylic acids is 1. The van der Waals surface area contributed by atoms with Crippen LogP contribution in [-0.2, 0) is 16.6 Å². The Balaban J connectivity index is 2.55. The summed E-state index contributed by atoms with van der Waals surface area (Å²) in [5.74, 6) is -0.968. The third kappa shape index (κ3) is 1.67. The summed E-state index contributed by atoms with van der Waals surface area (Å²) in [4.78, 5) is 11.3. The minimum absolute atomic E-state index is 0.283. The minimum Gasteiger partial charge on any atom is -0.481 e. The quantitative estimate of drug-likeness (QED) is 0.858. The van der Waals surface area contributed by atoms with Crippen molar-refractivity contribution in [1.82, 2.24) is 0 Å². The van der Waals surface area contributed by atoms with E-state index in [0.29, 0.717) is 0 Å². The van der Waals surface area contributed by atoms with Crippen LogP contribution in [0, 0.1) is 5.92 Å². The summed E-state index contributed by atoms with van der Waals surface area (Å²) in [6.07, 6.45) is 1.56. The van der Waals surface area contributed by atoms with Crippen molar-refractivity contribution in [3.8, 4) is 0 Å². The molecule has 0 heterocycles. The lowest BCUT2D eigenvalue weighted by atomic mass is 9.65. The Labute approximate surface area is 104 Å². The van der Waals surface area contributed by atoms with Gasteiger partial charge in [-0.05, 0) is 30.0 Å². The van der Waals surface area contributed by atoms with Crippen LogP contribution in [0.2, 0.25) is 0 Å². The molecule has 3 heteroatoms. The summed E-state index contributed by atoms with van der Waals surface area (Å²) in [6, 6.07) is 6.06. The normalized spacial score (nSPS) is 22.6. The first-order chi connectivity index (χ1) is 7.44. The highest BCUT2D eigenvalue weighted by atomic mass is 79.9. The van der Waals surface area contributed by atoms with E-state index >= 15 is 0 Å². The lowest BCUT2D eigenvalue weighted by Crippen LogP contribution is -2.39. The molecule has 16 heavy (non-hydrogen) atoms. The lowest BCUT2D eigenvalue weighted by molar-refractivity contribution is -0.144. The van der Waals surface area contributed by atoms with E-state index in [1.807, 2.05) is 26.0 Å². The van der Waals surface area contributed by atoms with E-state index in [9.17, 15) is 9.90 Å². The van der Waals surface area contributed by atoms with Crippen molar-refractivity contribution in [3.05, 3.63) is 33.8 Å². The molecule has 1 aliphatic carbocycles. The molecule has 0 saturated carbocycles. The van der Waals surface area contributed by atoms with Crippen LogP contribution in [0.3, 0.4) is 0 Å². The predicted molar refractivity (Wildman–Crippen MR) is 66.6 cm³/mol. The molecule has 0 radical (unpaired) electrons. The third-order valence-corrected chi connectivity index (χ3v) is 4.41. The van der Waals surface area contributed by atoms with Crippen molar-refractivity contribution >= 4 is 21.9 Å². The Morgan fingerprint density at radius 2 is 2.19 bits per heavy atom. The summed E-state index contributed by atoms with van der Waals surface area (Å²) in [6.45, 7) is 4.05. The first-order valence-electron chi connectivity index (χ1n) is 5.45. The number of hydrogen-bond donors (Lipinski definition) is 1. The first-order valence-corrected chi connectivity index (χ1v) is 6.24. The predicted octanol–water partition coefficient (Wildman–Crippen LogP) is 3.37. The van der Waals surface area contributed by atoms with E-state index in [2.05, 4.69) is 22.0 Å². The van der Waals surface area contributed by atoms with E-state index in [1.165, 1.54) is 11.1 Å². The van der Waals surface area contributed by atoms with Gasteiger partial charge < -0.3 is 5.11 Å². The van der Waals surface area contributed by atoms with Crippen LogP contribution in [0.4, 0.5) is 0 Å². The van der Waals surface area contributed by atoms with Crippen LogP contribution in [0.1, 0.15) is 31.4 Å². The molecule has 1 unspecified atom stereocenters. The molecule has 2 nitrogen and oxygen atoms in total. The van der Waals surface area contributed by atoms with Crippen molar-refractivity contribution in [2.45, 2.75) is 32.1 Å². The standard InChI is InChI=1S/C13H15BrO2/c1-13(2)9-4-3-5-11(14)8(9)6-7-10(13)12(15)16/h3-5,10H,6-7H2,1-2H3,(H,15,16). The summed E-state index contributed by atoms with van der Waals surface area (Å²) in [7, 11) is 0. The molecule has 0 aliphatic heterocycles. The van der Waals surface area contributed by atoms with Gasteiger partial charge in [-0.15, -0.1) is 0 Å². The number of fused-ring (bicyclic) bond motifs is 1. The molecule has 0 fully saturated rings. The van der Waals surface area contributed by atoms with Crippen molar-refractivity contribution in [2.75, 3.05) is 0 Å². The molecule has 1 aromatic carbocycles. The Kier molecular flexibility index (Phi) is 2.82. The van der Waals surface area contributed by atoms with E-state index in [1.54, 1.807) is 0 Å². The highest BCUT2D eigenvalue weighted by Crippen LogP contribution is 2.43. The fourth-order valence-corrected chi connectivity index (χ4v) is 3.25. The van der Waals surface area contributed by atoms with Gasteiger partial charge in [0.1, 0.15) is 0 Å². The fourth-order valence-electron chi connectivity index (χ4n) is 2.69. The number of hydrogen-bond acceptors (Lipinski definition) is 1. The molecule has 2 rings (SSSR count). The number of carbonyl (C=O) groups is 1. The average Bonchev–Trinajstić information content (AvgIpc) is 2.18. The molecular weight excluding hydrogens is 268 g/mol. The van der Waals surface area contributed by atoms with Crippen molar-refractivity contribution in [3.63, 3.8) is 0 Å². The van der Waals surface area contributed by atoms with Gasteiger partial charge in [0.05, 0.1) is 5.92 Å². The number of aliphatic carboxylic acids is 1. The van der Waals surface area contributed by atoms with E-state index < -0.39 is 5.97 Å². The van der Waals surface area contributed by atoms with Crippen LogP contribution in [-0.4, -0.2) is 11.1 Å². The second-order valence-electron chi connectivity index (χ2n) is 4.92. The number of benzene rings is 1. The third-order valence-electron chi connectivity index (χ3n) is 3.67. The maximum absolute atomic E-state index is 11.3. The minimum atomic E-state index is -0.685. The summed E-state index contributed by atoms with van der Waals surface area (Å²) in [5.41, 5.74) is 2.15. The van der Waals surface area contributed by atoms with Gasteiger partial charge in [0.15, 0.2) is 0 Å². The van der Waals surface area contributed by atoms with Gasteiger partial charge in [-0.2, -0.15) is 0 Å². The topological polar surface area (TPSA) is 37.3 Å². The Hall–Kier alpha value is -0.830. The van der Waals surface area contributed by atoms with Gasteiger partial charge in [-0.3, -0.25) is 4.79 Å². The highest BCUT2D eigenvalue weighted by Gasteiger charge is 2.41. The van der Waals surface area contributed by atoms with Crippen LogP contribution < -0.4 is 0 Å². The molecule has 1 aromatic rings. The lowest BCUT2D eigenvalue weighted by Gasteiger charge is -2.38. The molecular formula is C13H15BrO2. The van der Waals surface area contributed by atoms with Gasteiger partial charge in [-0.25, -0.2) is 0 Å². The van der Waals surface area contributed by atoms with Crippen LogP contribution >= 0.6 is 15.9 Å². The molecule has 1 N–H and O–H groups in total. The van der Waals surface area contributed by atoms with Crippen LogP contribution in [0.5, 0.6) is 0 Å². The van der Waals surface area contributed by atoms with Gasteiger partial charge in [0.2, 0.25) is 0 Å². The second-order valence-corrected chi connectivity index (χ2v) is 5.77. The largest absolute Gasteiger partial charge is 0.481 e. The van der Waals surface area contributed by atoms with Crippen LogP contribution in [0.25, 0.3) is 0 Å². The molecule has 0 saturated heterocycles. The highest BCUT2D eigenvalue weighted by molar-refractivity contribution is 9.10. The van der Waals surface area contributed by atoms with Gasteiger partial charge in [0.25, 0.3) is 0 Å². The Morgan fingerprint density at radius 3 is 2.81 bits per heavy atom. The molecule has 1 atom stereocenters. The zero-order chi connectivity index (χ0) is 11.9. The summed E-state index contributed by atoms with van der Waals surface area (Å²) < 4.78 is 1.10. The molecule has 1 aliphatic rings. The number of halogens is 1. The smallest absolute Gasteiger partial charge is 0.307 e. The number of carboxylic acid groups (broad SMARTS) is 1. The second kappa shape index (κ2) is 3.88. The molecule has 86 valence electrons. The zero-order valence-corrected chi connectivity index (χ0v) is 11.0. The first kappa shape index (κ1) is 11.6. The molecule has 0 spiro atoms. The van der Waals surface area contributed by atoms with E-state index in [-0.39, 0.29) is 11.3 Å². The van der Waals surface area contributed by atoms with Gasteiger partial charge in [-0.1, -0.05) is 41.9 Å².